The van der Waals surface area contributed by atoms with Crippen molar-refractivity contribution in [2.45, 2.75) is 0 Å². The minimum atomic E-state index is 1.08. The number of fused-ring (bicyclic) bond motifs is 9. The van der Waals surface area contributed by atoms with Crippen LogP contribution >= 0.6 is 15.9 Å². The van der Waals surface area contributed by atoms with Crippen LogP contribution in [0.2, 0.25) is 0 Å². The first kappa shape index (κ1) is 30.9. The van der Waals surface area contributed by atoms with E-state index in [0.717, 1.165) is 4.47 Å². The zero-order valence-electron chi connectivity index (χ0n) is 29.8. The Morgan fingerprint density at radius 2 is 0.673 bits per heavy atom. The number of halogens is 1. The highest BCUT2D eigenvalue weighted by atomic mass is 79.9. The zero-order chi connectivity index (χ0) is 36.2. The summed E-state index contributed by atoms with van der Waals surface area (Å²) in [6.07, 6.45) is 0. The van der Waals surface area contributed by atoms with Crippen molar-refractivity contribution in [2.75, 3.05) is 0 Å². The molecule has 0 amide bonds. The maximum absolute atomic E-state index is 4.20. The largest absolute Gasteiger partial charge is 0.0622 e. The molecule has 0 spiro atoms. The normalized spacial score (nSPS) is 12.1. The minimum Gasteiger partial charge on any atom is -0.0622 e. The maximum atomic E-state index is 4.20. The molecule has 12 rings (SSSR count). The van der Waals surface area contributed by atoms with Gasteiger partial charge in [0.25, 0.3) is 0 Å². The van der Waals surface area contributed by atoms with Crippen LogP contribution in [-0.2, 0) is 0 Å². The molecule has 55 heavy (non-hydrogen) atoms. The Morgan fingerprint density at radius 3 is 1.25 bits per heavy atom. The van der Waals surface area contributed by atoms with Gasteiger partial charge in [0.2, 0.25) is 0 Å². The molecule has 0 N–H and O–H groups in total. The lowest BCUT2D eigenvalue weighted by molar-refractivity contribution is 1.64. The van der Waals surface area contributed by atoms with Crippen LogP contribution in [0.4, 0.5) is 0 Å². The lowest BCUT2D eigenvalue weighted by Gasteiger charge is -2.23. The van der Waals surface area contributed by atoms with Gasteiger partial charge in [0, 0.05) is 4.47 Å². The predicted octanol–water partition coefficient (Wildman–Crippen LogP) is 16.1. The lowest BCUT2D eigenvalue weighted by Crippen LogP contribution is -1.95. The molecule has 0 fully saturated rings. The van der Waals surface area contributed by atoms with E-state index in [1.807, 2.05) is 0 Å². The van der Waals surface area contributed by atoms with Gasteiger partial charge in [0.1, 0.15) is 0 Å². The molecule has 0 radical (unpaired) electrons. The molecule has 0 atom stereocenters. The van der Waals surface area contributed by atoms with E-state index in [1.54, 1.807) is 0 Å². The highest BCUT2D eigenvalue weighted by Crippen LogP contribution is 2.52. The Balaban J connectivity index is 1.29. The molecule has 0 nitrogen and oxygen atoms in total. The molecule has 12 aromatic carbocycles. The first-order valence-electron chi connectivity index (χ1n) is 19.0. The first-order valence-corrected chi connectivity index (χ1v) is 19.8. The van der Waals surface area contributed by atoms with Crippen molar-refractivity contribution in [3.8, 4) is 33.4 Å². The van der Waals surface area contributed by atoms with Gasteiger partial charge >= 0.3 is 0 Å². The molecule has 0 heterocycles. The quantitative estimate of drug-likeness (QED) is 0.124. The fourth-order valence-corrected chi connectivity index (χ4v) is 10.4. The van der Waals surface area contributed by atoms with Crippen LogP contribution in [0, 0.1) is 0 Å². The van der Waals surface area contributed by atoms with Gasteiger partial charge in [-0.25, -0.2) is 0 Å². The molecule has 0 aliphatic carbocycles. The van der Waals surface area contributed by atoms with E-state index in [9.17, 15) is 0 Å². The average molecular weight is 760 g/mol. The van der Waals surface area contributed by atoms with Crippen molar-refractivity contribution >= 4 is 102 Å². The number of hydrogen-bond donors (Lipinski definition) is 0. The van der Waals surface area contributed by atoms with Crippen LogP contribution in [0.3, 0.4) is 0 Å². The number of rotatable bonds is 3. The van der Waals surface area contributed by atoms with Crippen molar-refractivity contribution in [3.63, 3.8) is 0 Å². The van der Waals surface area contributed by atoms with E-state index >= 15 is 0 Å². The summed E-state index contributed by atoms with van der Waals surface area (Å²) in [7, 11) is 0. The van der Waals surface area contributed by atoms with Crippen molar-refractivity contribution in [1.82, 2.24) is 0 Å². The van der Waals surface area contributed by atoms with Crippen LogP contribution in [0.25, 0.3) is 120 Å². The smallest absolute Gasteiger partial charge is 0.0260 e. The summed E-state index contributed by atoms with van der Waals surface area (Å²) >= 11 is 4.20. The summed E-state index contributed by atoms with van der Waals surface area (Å²) in [5.74, 6) is 0. The summed E-state index contributed by atoms with van der Waals surface area (Å²) in [6, 6.07) is 69.8. The van der Waals surface area contributed by atoms with E-state index in [4.69, 9.17) is 0 Å². The third-order valence-corrected chi connectivity index (χ3v) is 12.7. The summed E-state index contributed by atoms with van der Waals surface area (Å²) in [6.45, 7) is 0. The first-order chi connectivity index (χ1) is 27.2. The maximum Gasteiger partial charge on any atom is 0.0260 e. The molecule has 0 unspecified atom stereocenters. The molecule has 1 heteroatoms. The molecule has 0 saturated carbocycles. The van der Waals surface area contributed by atoms with Crippen LogP contribution in [0.15, 0.2) is 193 Å². The molecule has 0 aliphatic rings. The van der Waals surface area contributed by atoms with Gasteiger partial charge in [0.05, 0.1) is 0 Å². The second-order valence-electron chi connectivity index (χ2n) is 14.8. The fourth-order valence-electron chi connectivity index (χ4n) is 9.81. The molecule has 0 saturated heterocycles. The summed E-state index contributed by atoms with van der Waals surface area (Å²) < 4.78 is 1.08. The molecule has 0 aromatic heterocycles. The van der Waals surface area contributed by atoms with E-state index in [0.29, 0.717) is 0 Å². The van der Waals surface area contributed by atoms with Crippen molar-refractivity contribution in [2.24, 2.45) is 0 Å². The predicted molar refractivity (Wildman–Crippen MR) is 242 cm³/mol. The monoisotopic (exact) mass is 758 g/mol. The average Bonchev–Trinajstić information content (AvgIpc) is 3.25. The topological polar surface area (TPSA) is 0 Å². The highest BCUT2D eigenvalue weighted by molar-refractivity contribution is 9.10. The van der Waals surface area contributed by atoms with Gasteiger partial charge in [-0.3, -0.25) is 0 Å². The molecule has 254 valence electrons. The van der Waals surface area contributed by atoms with E-state index in [1.165, 1.54) is 120 Å². The van der Waals surface area contributed by atoms with Gasteiger partial charge in [0.15, 0.2) is 0 Å². The second kappa shape index (κ2) is 11.7. The third-order valence-electron chi connectivity index (χ3n) is 12.0. The van der Waals surface area contributed by atoms with E-state index in [-0.39, 0.29) is 0 Å². The Labute approximate surface area is 326 Å². The van der Waals surface area contributed by atoms with Crippen molar-refractivity contribution < 1.29 is 0 Å². The third kappa shape index (κ3) is 4.33. The van der Waals surface area contributed by atoms with Gasteiger partial charge in [-0.15, -0.1) is 0 Å². The molecular weight excluding hydrogens is 728 g/mol. The van der Waals surface area contributed by atoms with E-state index in [2.05, 4.69) is 204 Å². The fraction of sp³-hybridized carbons (Fsp3) is 0. The lowest BCUT2D eigenvalue weighted by atomic mass is 9.80. The number of benzene rings is 12. The van der Waals surface area contributed by atoms with Gasteiger partial charge in [-0.2, -0.15) is 0 Å². The van der Waals surface area contributed by atoms with Gasteiger partial charge in [-0.05, 0) is 132 Å². The van der Waals surface area contributed by atoms with Crippen molar-refractivity contribution in [1.29, 1.82) is 0 Å². The van der Waals surface area contributed by atoms with Crippen LogP contribution < -0.4 is 0 Å². The van der Waals surface area contributed by atoms with Gasteiger partial charge < -0.3 is 0 Å². The van der Waals surface area contributed by atoms with Crippen LogP contribution in [0.1, 0.15) is 0 Å². The Hall–Kier alpha value is -6.54. The Kier molecular flexibility index (Phi) is 6.58. The standard InChI is InChI=1S/C54H31Br/c55-48-31-47-46(30-45(48)37-28-29-44-42-25-12-19-32-18-11-24-41(49(32)42)43-27-13-26-38(37)52(43)44)50(33-14-3-1-4-15-33)53-39-22-9-7-20-35(39)36-21-8-10-23-40(36)54(53)51(47)34-16-5-2-6-17-34/h1-31H. The van der Waals surface area contributed by atoms with Crippen molar-refractivity contribution in [3.05, 3.63) is 193 Å². The summed E-state index contributed by atoms with van der Waals surface area (Å²) in [5.41, 5.74) is 7.38. The highest BCUT2D eigenvalue weighted by Gasteiger charge is 2.24. The van der Waals surface area contributed by atoms with E-state index < -0.39 is 0 Å². The van der Waals surface area contributed by atoms with Gasteiger partial charge in [-0.1, -0.05) is 192 Å². The second-order valence-corrected chi connectivity index (χ2v) is 15.7. The molecule has 12 aromatic rings. The number of hydrogen-bond acceptors (Lipinski definition) is 0. The Morgan fingerprint density at radius 1 is 0.255 bits per heavy atom. The Bertz CT molecular complexity index is 3480. The summed E-state index contributed by atoms with van der Waals surface area (Å²) in [5, 5.41) is 20.6. The minimum absolute atomic E-state index is 1.08. The zero-order valence-corrected chi connectivity index (χ0v) is 31.4. The molecule has 0 bridgehead atoms. The molecule has 0 aliphatic heterocycles. The summed E-state index contributed by atoms with van der Waals surface area (Å²) in [4.78, 5) is 0. The van der Waals surface area contributed by atoms with Crippen LogP contribution in [0.5, 0.6) is 0 Å². The SMILES string of the molecule is Brc1cc2c(-c3ccccc3)c3c4ccccc4c4ccccc4c3c(-c3ccccc3)c2cc1-c1ccc2c3cccc4cccc(c5cccc1c52)c43. The van der Waals surface area contributed by atoms with Crippen LogP contribution in [-0.4, -0.2) is 0 Å². The molecular formula is C54H31Br.